The van der Waals surface area contributed by atoms with Crippen molar-refractivity contribution in [3.05, 3.63) is 22.4 Å². The predicted octanol–water partition coefficient (Wildman–Crippen LogP) is 3.44. The molecule has 1 aromatic heterocycles. The van der Waals surface area contributed by atoms with Crippen molar-refractivity contribution in [2.45, 2.75) is 39.0 Å². The molecule has 134 valence electrons. The van der Waals surface area contributed by atoms with Gasteiger partial charge in [-0.15, -0.1) is 11.3 Å². The molecule has 2 amide bonds. The average molecular weight is 350 g/mol. The molecular weight excluding hydrogens is 318 g/mol. The van der Waals surface area contributed by atoms with E-state index in [-0.39, 0.29) is 6.03 Å². The summed E-state index contributed by atoms with van der Waals surface area (Å²) in [5.74, 6) is 1.54. The number of hydrogen-bond donors (Lipinski definition) is 1. The van der Waals surface area contributed by atoms with Gasteiger partial charge in [0.25, 0.3) is 0 Å². The molecule has 0 radical (unpaired) electrons. The van der Waals surface area contributed by atoms with Gasteiger partial charge in [0.2, 0.25) is 0 Å². The second-order valence-corrected chi connectivity index (χ2v) is 8.53. The van der Waals surface area contributed by atoms with Crippen LogP contribution < -0.4 is 5.32 Å². The van der Waals surface area contributed by atoms with Crippen LogP contribution in [-0.4, -0.2) is 55.1 Å². The van der Waals surface area contributed by atoms with E-state index >= 15 is 0 Å². The molecule has 2 saturated heterocycles. The topological polar surface area (TPSA) is 35.6 Å². The summed E-state index contributed by atoms with van der Waals surface area (Å²) in [6, 6.07) is 4.33. The van der Waals surface area contributed by atoms with Crippen molar-refractivity contribution in [1.82, 2.24) is 15.1 Å². The van der Waals surface area contributed by atoms with Gasteiger partial charge in [-0.05, 0) is 68.5 Å². The van der Waals surface area contributed by atoms with Gasteiger partial charge >= 0.3 is 6.03 Å². The summed E-state index contributed by atoms with van der Waals surface area (Å²) in [5.41, 5.74) is 0. The molecule has 0 spiro atoms. The van der Waals surface area contributed by atoms with Gasteiger partial charge in [-0.25, -0.2) is 4.79 Å². The molecule has 2 aliphatic rings. The third-order valence-electron chi connectivity index (χ3n) is 5.43. The number of carbonyl (C=O) groups is 1. The van der Waals surface area contributed by atoms with E-state index in [1.165, 1.54) is 43.8 Å². The summed E-state index contributed by atoms with van der Waals surface area (Å²) < 4.78 is 0. The summed E-state index contributed by atoms with van der Waals surface area (Å²) in [5, 5.41) is 5.19. The first kappa shape index (κ1) is 17.7. The highest BCUT2D eigenvalue weighted by molar-refractivity contribution is 7.09. The predicted molar refractivity (Wildman–Crippen MR) is 101 cm³/mol. The number of hydrogen-bond acceptors (Lipinski definition) is 3. The van der Waals surface area contributed by atoms with E-state index < -0.39 is 0 Å². The fourth-order valence-electron chi connectivity index (χ4n) is 3.87. The van der Waals surface area contributed by atoms with Crippen molar-refractivity contribution < 1.29 is 4.79 Å². The van der Waals surface area contributed by atoms with Crippen LogP contribution in [-0.2, 0) is 6.42 Å². The zero-order valence-electron chi connectivity index (χ0n) is 14.9. The van der Waals surface area contributed by atoms with Crippen LogP contribution in [0, 0.1) is 11.8 Å². The molecule has 0 aliphatic carbocycles. The van der Waals surface area contributed by atoms with Gasteiger partial charge in [0.1, 0.15) is 0 Å². The second-order valence-electron chi connectivity index (χ2n) is 7.50. The minimum Gasteiger partial charge on any atom is -0.338 e. The van der Waals surface area contributed by atoms with Gasteiger partial charge in [0, 0.05) is 31.1 Å². The summed E-state index contributed by atoms with van der Waals surface area (Å²) in [6.45, 7) is 8.60. The highest BCUT2D eigenvalue weighted by atomic mass is 32.1. The Kier molecular flexibility index (Phi) is 6.55. The zero-order valence-corrected chi connectivity index (χ0v) is 15.7. The van der Waals surface area contributed by atoms with Crippen LogP contribution in [0.3, 0.4) is 0 Å². The highest BCUT2D eigenvalue weighted by Gasteiger charge is 2.26. The van der Waals surface area contributed by atoms with E-state index in [9.17, 15) is 4.79 Å². The molecule has 2 fully saturated rings. The smallest absolute Gasteiger partial charge is 0.317 e. The van der Waals surface area contributed by atoms with E-state index in [1.54, 1.807) is 11.3 Å². The molecule has 3 heterocycles. The number of carbonyl (C=O) groups excluding carboxylic acids is 1. The van der Waals surface area contributed by atoms with Gasteiger partial charge in [-0.1, -0.05) is 13.0 Å². The van der Waals surface area contributed by atoms with E-state index in [2.05, 4.69) is 34.7 Å². The lowest BCUT2D eigenvalue weighted by molar-refractivity contribution is 0.120. The van der Waals surface area contributed by atoms with Crippen molar-refractivity contribution in [3.63, 3.8) is 0 Å². The van der Waals surface area contributed by atoms with Crippen molar-refractivity contribution in [1.29, 1.82) is 0 Å². The standard InChI is InChI=1S/C19H31N3OS/c1-16-7-11-21(12-8-16)14-17-4-2-10-22(15-17)19(23)20-9-6-18-5-3-13-24-18/h3,5,13,16-17H,2,4,6-12,14-15H2,1H3,(H,20,23)/t17-/m1/s1. The van der Waals surface area contributed by atoms with Crippen LogP contribution in [0.15, 0.2) is 17.5 Å². The van der Waals surface area contributed by atoms with Crippen molar-refractivity contribution in [3.8, 4) is 0 Å². The summed E-state index contributed by atoms with van der Waals surface area (Å²) in [7, 11) is 0. The van der Waals surface area contributed by atoms with Gasteiger partial charge < -0.3 is 15.1 Å². The molecule has 0 bridgehead atoms. The number of rotatable bonds is 5. The van der Waals surface area contributed by atoms with Gasteiger partial charge in [0.05, 0.1) is 0 Å². The molecule has 1 atom stereocenters. The zero-order chi connectivity index (χ0) is 16.8. The van der Waals surface area contributed by atoms with Gasteiger partial charge in [0.15, 0.2) is 0 Å². The number of amides is 2. The minimum atomic E-state index is 0.128. The third-order valence-corrected chi connectivity index (χ3v) is 6.36. The fourth-order valence-corrected chi connectivity index (χ4v) is 4.58. The van der Waals surface area contributed by atoms with Crippen molar-refractivity contribution >= 4 is 17.4 Å². The molecule has 0 unspecified atom stereocenters. The molecule has 3 rings (SSSR count). The highest BCUT2D eigenvalue weighted by Crippen LogP contribution is 2.21. The van der Waals surface area contributed by atoms with Crippen LogP contribution >= 0.6 is 11.3 Å². The quantitative estimate of drug-likeness (QED) is 0.884. The van der Waals surface area contributed by atoms with Crippen molar-refractivity contribution in [2.24, 2.45) is 11.8 Å². The maximum Gasteiger partial charge on any atom is 0.317 e. The Morgan fingerprint density at radius 2 is 2.12 bits per heavy atom. The van der Waals surface area contributed by atoms with Crippen LogP contribution in [0.25, 0.3) is 0 Å². The molecule has 0 saturated carbocycles. The molecule has 5 heteroatoms. The van der Waals surface area contributed by atoms with Crippen LogP contribution in [0.4, 0.5) is 4.79 Å². The summed E-state index contributed by atoms with van der Waals surface area (Å²) >= 11 is 1.76. The Morgan fingerprint density at radius 1 is 1.29 bits per heavy atom. The van der Waals surface area contributed by atoms with E-state index in [4.69, 9.17) is 0 Å². The Morgan fingerprint density at radius 3 is 2.88 bits per heavy atom. The normalized spacial score (nSPS) is 23.4. The second kappa shape index (κ2) is 8.86. The monoisotopic (exact) mass is 349 g/mol. The first-order valence-electron chi connectivity index (χ1n) is 9.48. The van der Waals surface area contributed by atoms with E-state index in [0.29, 0.717) is 5.92 Å². The molecule has 2 aliphatic heterocycles. The molecule has 1 N–H and O–H groups in total. The average Bonchev–Trinajstić information content (AvgIpc) is 3.10. The number of nitrogens with zero attached hydrogens (tertiary/aromatic N) is 2. The molecule has 4 nitrogen and oxygen atoms in total. The fraction of sp³-hybridized carbons (Fsp3) is 0.737. The Balaban J connectivity index is 1.38. The molecular formula is C19H31N3OS. The SMILES string of the molecule is CC1CCN(C[C@H]2CCCN(C(=O)NCCc3cccs3)C2)CC1. The minimum absolute atomic E-state index is 0.128. The Labute approximate surface area is 150 Å². The van der Waals surface area contributed by atoms with Crippen LogP contribution in [0.5, 0.6) is 0 Å². The molecule has 1 aromatic rings. The first-order valence-corrected chi connectivity index (χ1v) is 10.4. The van der Waals surface area contributed by atoms with Crippen LogP contribution in [0.1, 0.15) is 37.5 Å². The lowest BCUT2D eigenvalue weighted by atomic mass is 9.94. The number of urea groups is 1. The Bertz CT molecular complexity index is 497. The Hall–Kier alpha value is -1.07. The number of nitrogens with one attached hydrogen (secondary N) is 1. The molecule has 0 aromatic carbocycles. The number of thiophene rings is 1. The van der Waals surface area contributed by atoms with E-state index in [1.807, 2.05) is 4.90 Å². The summed E-state index contributed by atoms with van der Waals surface area (Å²) in [6.07, 6.45) is 6.02. The molecule has 24 heavy (non-hydrogen) atoms. The third kappa shape index (κ3) is 5.21. The summed E-state index contributed by atoms with van der Waals surface area (Å²) in [4.78, 5) is 18.4. The van der Waals surface area contributed by atoms with Crippen LogP contribution in [0.2, 0.25) is 0 Å². The lowest BCUT2D eigenvalue weighted by Gasteiger charge is -2.37. The van der Waals surface area contributed by atoms with Gasteiger partial charge in [-0.2, -0.15) is 0 Å². The largest absolute Gasteiger partial charge is 0.338 e. The maximum absolute atomic E-state index is 12.4. The maximum atomic E-state index is 12.4. The van der Waals surface area contributed by atoms with Crippen molar-refractivity contribution in [2.75, 3.05) is 39.3 Å². The number of likely N-dealkylation sites (tertiary alicyclic amines) is 2. The first-order chi connectivity index (χ1) is 11.7. The lowest BCUT2D eigenvalue weighted by Crippen LogP contribution is -2.48. The van der Waals surface area contributed by atoms with E-state index in [0.717, 1.165) is 38.4 Å². The van der Waals surface area contributed by atoms with Gasteiger partial charge in [-0.3, -0.25) is 0 Å². The number of piperidine rings is 2.